The number of pyridine rings is 1. The summed E-state index contributed by atoms with van der Waals surface area (Å²) in [6.07, 6.45) is 2.45. The highest BCUT2D eigenvalue weighted by Crippen LogP contribution is 2.07. The number of anilines is 1. The highest BCUT2D eigenvalue weighted by Gasteiger charge is 2.02. The second kappa shape index (κ2) is 5.82. The van der Waals surface area contributed by atoms with E-state index in [1.165, 1.54) is 17.8 Å². The van der Waals surface area contributed by atoms with E-state index in [-0.39, 0.29) is 5.69 Å². The molecule has 0 aliphatic heterocycles. The normalized spacial score (nSPS) is 10.0. The number of nitrogens with one attached hydrogen (secondary N) is 1. The second-order valence-corrected chi connectivity index (χ2v) is 3.90. The maximum atomic E-state index is 10.6. The molecule has 1 aromatic carbocycles. The van der Waals surface area contributed by atoms with Gasteiger partial charge in [0.1, 0.15) is 5.69 Å². The van der Waals surface area contributed by atoms with Crippen LogP contribution in [0.1, 0.15) is 16.1 Å². The molecule has 0 atom stereocenters. The van der Waals surface area contributed by atoms with Crippen molar-refractivity contribution in [2.45, 2.75) is 6.42 Å². The van der Waals surface area contributed by atoms with Gasteiger partial charge in [0.15, 0.2) is 0 Å². The van der Waals surface area contributed by atoms with Gasteiger partial charge in [0, 0.05) is 6.54 Å². The first-order chi connectivity index (χ1) is 8.75. The molecule has 2 rings (SSSR count). The van der Waals surface area contributed by atoms with E-state index in [1.54, 1.807) is 6.07 Å². The SMILES string of the molecule is O=C(O)c1ccc(NCCc2ccccc2)cn1. The Morgan fingerprint density at radius 3 is 2.56 bits per heavy atom. The van der Waals surface area contributed by atoms with Crippen molar-refractivity contribution in [3.05, 3.63) is 59.9 Å². The van der Waals surface area contributed by atoms with Crippen LogP contribution in [0.4, 0.5) is 5.69 Å². The number of aromatic carboxylic acids is 1. The van der Waals surface area contributed by atoms with Crippen LogP contribution in [0.3, 0.4) is 0 Å². The van der Waals surface area contributed by atoms with E-state index in [1.807, 2.05) is 18.2 Å². The third-order valence-corrected chi connectivity index (χ3v) is 2.57. The minimum absolute atomic E-state index is 0.0589. The van der Waals surface area contributed by atoms with Gasteiger partial charge < -0.3 is 10.4 Å². The van der Waals surface area contributed by atoms with Crippen molar-refractivity contribution in [2.75, 3.05) is 11.9 Å². The van der Waals surface area contributed by atoms with Gasteiger partial charge >= 0.3 is 5.97 Å². The Kier molecular flexibility index (Phi) is 3.91. The van der Waals surface area contributed by atoms with Gasteiger partial charge in [-0.25, -0.2) is 9.78 Å². The van der Waals surface area contributed by atoms with E-state index in [2.05, 4.69) is 22.4 Å². The highest BCUT2D eigenvalue weighted by molar-refractivity contribution is 5.85. The van der Waals surface area contributed by atoms with Crippen LogP contribution in [0, 0.1) is 0 Å². The molecule has 0 fully saturated rings. The lowest BCUT2D eigenvalue weighted by atomic mass is 10.1. The lowest BCUT2D eigenvalue weighted by molar-refractivity contribution is 0.0690. The Balaban J connectivity index is 1.85. The van der Waals surface area contributed by atoms with Crippen molar-refractivity contribution in [3.63, 3.8) is 0 Å². The molecule has 4 heteroatoms. The molecular formula is C14H14N2O2. The Bertz CT molecular complexity index is 509. The largest absolute Gasteiger partial charge is 0.477 e. The predicted molar refractivity (Wildman–Crippen MR) is 69.8 cm³/mol. The lowest BCUT2D eigenvalue weighted by Gasteiger charge is -2.06. The van der Waals surface area contributed by atoms with Gasteiger partial charge in [-0.2, -0.15) is 0 Å². The number of hydrogen-bond acceptors (Lipinski definition) is 3. The van der Waals surface area contributed by atoms with Gasteiger partial charge in [0.2, 0.25) is 0 Å². The fourth-order valence-corrected chi connectivity index (χ4v) is 1.62. The molecule has 0 unspecified atom stereocenters. The Morgan fingerprint density at radius 2 is 1.94 bits per heavy atom. The molecule has 0 amide bonds. The van der Waals surface area contributed by atoms with Crippen LogP contribution in [0.15, 0.2) is 48.7 Å². The number of carboxylic acid groups (broad SMARTS) is 1. The summed E-state index contributed by atoms with van der Waals surface area (Å²) >= 11 is 0. The number of aromatic nitrogens is 1. The quantitative estimate of drug-likeness (QED) is 0.845. The molecule has 4 nitrogen and oxygen atoms in total. The summed E-state index contributed by atoms with van der Waals surface area (Å²) in [5, 5.41) is 11.9. The monoisotopic (exact) mass is 242 g/mol. The maximum Gasteiger partial charge on any atom is 0.354 e. The predicted octanol–water partition coefficient (Wildman–Crippen LogP) is 2.43. The number of benzene rings is 1. The third kappa shape index (κ3) is 3.31. The van der Waals surface area contributed by atoms with E-state index in [0.717, 1.165) is 18.7 Å². The van der Waals surface area contributed by atoms with E-state index >= 15 is 0 Å². The maximum absolute atomic E-state index is 10.6. The summed E-state index contributed by atoms with van der Waals surface area (Å²) in [5.74, 6) is -1.01. The standard InChI is InChI=1S/C14H14N2O2/c17-14(18)13-7-6-12(10-16-13)15-9-8-11-4-2-1-3-5-11/h1-7,10,15H,8-9H2,(H,17,18). The number of nitrogens with zero attached hydrogens (tertiary/aromatic N) is 1. The minimum Gasteiger partial charge on any atom is -0.477 e. The molecule has 18 heavy (non-hydrogen) atoms. The van der Waals surface area contributed by atoms with Crippen molar-refractivity contribution in [2.24, 2.45) is 0 Å². The second-order valence-electron chi connectivity index (χ2n) is 3.90. The average Bonchev–Trinajstić information content (AvgIpc) is 2.40. The van der Waals surface area contributed by atoms with Crippen LogP contribution < -0.4 is 5.32 Å². The zero-order valence-electron chi connectivity index (χ0n) is 9.84. The molecule has 0 spiro atoms. The van der Waals surface area contributed by atoms with Crippen LogP contribution in [-0.4, -0.2) is 22.6 Å². The summed E-state index contributed by atoms with van der Waals surface area (Å²) < 4.78 is 0. The molecule has 0 aliphatic rings. The first-order valence-electron chi connectivity index (χ1n) is 5.73. The van der Waals surface area contributed by atoms with Crippen LogP contribution in [0.2, 0.25) is 0 Å². The fraction of sp³-hybridized carbons (Fsp3) is 0.143. The Morgan fingerprint density at radius 1 is 1.17 bits per heavy atom. The number of hydrogen-bond donors (Lipinski definition) is 2. The number of rotatable bonds is 5. The first kappa shape index (κ1) is 12.1. The fourth-order valence-electron chi connectivity index (χ4n) is 1.62. The molecule has 2 aromatic rings. The number of carboxylic acids is 1. The van der Waals surface area contributed by atoms with Crippen LogP contribution in [-0.2, 0) is 6.42 Å². The average molecular weight is 242 g/mol. The molecule has 1 heterocycles. The van der Waals surface area contributed by atoms with E-state index < -0.39 is 5.97 Å². The zero-order valence-corrected chi connectivity index (χ0v) is 9.84. The summed E-state index contributed by atoms with van der Waals surface area (Å²) in [4.78, 5) is 14.5. The van der Waals surface area contributed by atoms with Crippen molar-refractivity contribution in [1.29, 1.82) is 0 Å². The van der Waals surface area contributed by atoms with Gasteiger partial charge in [0.05, 0.1) is 11.9 Å². The summed E-state index contributed by atoms with van der Waals surface area (Å²) in [5.41, 5.74) is 2.15. The zero-order chi connectivity index (χ0) is 12.8. The minimum atomic E-state index is -1.01. The summed E-state index contributed by atoms with van der Waals surface area (Å²) in [7, 11) is 0. The number of carbonyl (C=O) groups is 1. The first-order valence-corrected chi connectivity index (χ1v) is 5.73. The van der Waals surface area contributed by atoms with Gasteiger partial charge in [-0.05, 0) is 24.1 Å². The summed E-state index contributed by atoms with van der Waals surface area (Å²) in [6, 6.07) is 13.4. The Labute approximate surface area is 105 Å². The summed E-state index contributed by atoms with van der Waals surface area (Å²) in [6.45, 7) is 0.790. The molecule has 0 saturated carbocycles. The van der Waals surface area contributed by atoms with Crippen LogP contribution in [0.5, 0.6) is 0 Å². The molecule has 0 saturated heterocycles. The molecule has 0 bridgehead atoms. The topological polar surface area (TPSA) is 62.2 Å². The molecule has 2 N–H and O–H groups in total. The van der Waals surface area contributed by atoms with Crippen LogP contribution >= 0.6 is 0 Å². The van der Waals surface area contributed by atoms with Crippen molar-refractivity contribution in [3.8, 4) is 0 Å². The third-order valence-electron chi connectivity index (χ3n) is 2.57. The molecule has 0 radical (unpaired) electrons. The van der Waals surface area contributed by atoms with Crippen molar-refractivity contribution >= 4 is 11.7 Å². The smallest absolute Gasteiger partial charge is 0.354 e. The lowest BCUT2D eigenvalue weighted by Crippen LogP contribution is -2.06. The van der Waals surface area contributed by atoms with Crippen molar-refractivity contribution < 1.29 is 9.90 Å². The van der Waals surface area contributed by atoms with Gasteiger partial charge in [-0.15, -0.1) is 0 Å². The van der Waals surface area contributed by atoms with E-state index in [4.69, 9.17) is 5.11 Å². The van der Waals surface area contributed by atoms with Gasteiger partial charge in [0.25, 0.3) is 0 Å². The molecule has 92 valence electrons. The van der Waals surface area contributed by atoms with E-state index in [9.17, 15) is 4.79 Å². The molecule has 1 aromatic heterocycles. The molecular weight excluding hydrogens is 228 g/mol. The van der Waals surface area contributed by atoms with Crippen LogP contribution in [0.25, 0.3) is 0 Å². The van der Waals surface area contributed by atoms with Crippen molar-refractivity contribution in [1.82, 2.24) is 4.98 Å². The van der Waals surface area contributed by atoms with Gasteiger partial charge in [-0.1, -0.05) is 30.3 Å². The van der Waals surface area contributed by atoms with E-state index in [0.29, 0.717) is 0 Å². The molecule has 0 aliphatic carbocycles. The van der Waals surface area contributed by atoms with Gasteiger partial charge in [-0.3, -0.25) is 0 Å². The Hall–Kier alpha value is -2.36. The highest BCUT2D eigenvalue weighted by atomic mass is 16.4.